The number of hydrogen-bond acceptors (Lipinski definition) is 8. The highest BCUT2D eigenvalue weighted by Gasteiger charge is 3.00. The summed E-state index contributed by atoms with van der Waals surface area (Å²) in [5, 5.41) is 24.1. The number of carboxylic acids is 1. The molecule has 1 spiro atoms. The Labute approximate surface area is 262 Å². The predicted octanol–water partition coefficient (Wildman–Crippen LogP) is 3.46. The van der Waals surface area contributed by atoms with Gasteiger partial charge in [0, 0.05) is 5.57 Å². The van der Waals surface area contributed by atoms with Gasteiger partial charge in [-0.1, -0.05) is 57.8 Å². The highest BCUT2D eigenvalue weighted by Crippen LogP contribution is 2.85. The lowest BCUT2D eigenvalue weighted by molar-refractivity contribution is -0.147. The van der Waals surface area contributed by atoms with Crippen LogP contribution in [0.3, 0.4) is 0 Å². The van der Waals surface area contributed by atoms with E-state index in [1.807, 2.05) is 6.92 Å². The minimum Gasteiger partial charge on any atom is -0.481 e. The number of aliphatic hydroxyl groups is 1. The fraction of sp³-hybridized carbons (Fsp3) is 0.629. The molecule has 242 valence electrons. The Kier molecular flexibility index (Phi) is 8.08. The number of imide groups is 1. The highest BCUT2D eigenvalue weighted by atomic mass is 16.4. The van der Waals surface area contributed by atoms with Crippen molar-refractivity contribution in [2.75, 3.05) is 0 Å². The largest absolute Gasteiger partial charge is 0.481 e. The molecule has 1 heterocycles. The first-order valence-corrected chi connectivity index (χ1v) is 16.2. The Bertz CT molecular complexity index is 1500. The van der Waals surface area contributed by atoms with Crippen molar-refractivity contribution >= 4 is 40.9 Å². The molecular formula is C35H43NO9. The number of Topliss-reactive ketones (excluding diaryl/α,β-unsaturated/α-hetero) is 3. The number of aliphatic carboxylic acids is 1. The van der Waals surface area contributed by atoms with Gasteiger partial charge in [0.15, 0.2) is 23.1 Å². The smallest absolute Gasteiger partial charge is 0.306 e. The van der Waals surface area contributed by atoms with Crippen LogP contribution in [0, 0.1) is 45.8 Å². The maximum absolute atomic E-state index is 14.9. The fourth-order valence-electron chi connectivity index (χ4n) is 10.1. The molecule has 9 unspecified atom stereocenters. The Morgan fingerprint density at radius 3 is 2.27 bits per heavy atom. The first kappa shape index (κ1) is 32.9. The van der Waals surface area contributed by atoms with Crippen molar-refractivity contribution in [1.82, 2.24) is 5.32 Å². The molecule has 1 aliphatic heterocycles. The molecule has 45 heavy (non-hydrogen) atoms. The van der Waals surface area contributed by atoms with Gasteiger partial charge in [0.25, 0.3) is 0 Å². The SMILES string of the molecule is C/C=C/C(=O)C1(O)CC2CC(C(=O)O)CC(C)C2C1C(=O)C1=C(/C=C/C)C(=O)C2(C)C3(CCCCCC)C(=O)NC(=O)C23C1=O. The molecule has 10 nitrogen and oxygen atoms in total. The summed E-state index contributed by atoms with van der Waals surface area (Å²) in [4.78, 5) is 96.8. The summed E-state index contributed by atoms with van der Waals surface area (Å²) in [6, 6.07) is 0. The van der Waals surface area contributed by atoms with E-state index in [2.05, 4.69) is 5.32 Å². The lowest BCUT2D eigenvalue weighted by Gasteiger charge is -2.39. The van der Waals surface area contributed by atoms with E-state index in [9.17, 15) is 43.8 Å². The van der Waals surface area contributed by atoms with Gasteiger partial charge in [-0.25, -0.2) is 0 Å². The molecule has 4 fully saturated rings. The third-order valence-corrected chi connectivity index (χ3v) is 12.0. The van der Waals surface area contributed by atoms with Gasteiger partial charge in [-0.2, -0.15) is 0 Å². The molecule has 0 aromatic carbocycles. The molecule has 2 amide bonds. The number of hydrogen-bond donors (Lipinski definition) is 3. The standard InChI is InChI=1S/C35H43NO9/c1-6-9-10-11-14-34-30(43)36-31(44)35(34)28(40)24(21(12-7-2)27(39)32(34,35)5)26(38)25-23-18(4)15-19(29(41)42)16-20(23)17-33(25,45)22(37)13-8-3/h7-8,12-13,18-20,23,25,45H,6,9-11,14-17H2,1-5H3,(H,41,42)(H,36,43,44)/b12-7+,13-8+. The molecule has 3 saturated carbocycles. The number of allylic oxidation sites excluding steroid dienone is 5. The van der Waals surface area contributed by atoms with Crippen molar-refractivity contribution < 1.29 is 43.8 Å². The van der Waals surface area contributed by atoms with Gasteiger partial charge in [0.05, 0.1) is 28.2 Å². The molecule has 9 atom stereocenters. The van der Waals surface area contributed by atoms with Crippen LogP contribution in [0.15, 0.2) is 35.5 Å². The number of ketones is 4. The topological polar surface area (TPSA) is 172 Å². The summed E-state index contributed by atoms with van der Waals surface area (Å²) in [5.74, 6) is -9.57. The molecular weight excluding hydrogens is 578 g/mol. The molecule has 10 heteroatoms. The predicted molar refractivity (Wildman–Crippen MR) is 161 cm³/mol. The zero-order valence-electron chi connectivity index (χ0n) is 26.6. The summed E-state index contributed by atoms with van der Waals surface area (Å²) in [5.41, 5.74) is -8.45. The molecule has 0 aromatic heterocycles. The molecule has 4 aliphatic carbocycles. The summed E-state index contributed by atoms with van der Waals surface area (Å²) >= 11 is 0. The monoisotopic (exact) mass is 621 g/mol. The maximum Gasteiger partial charge on any atom is 0.306 e. The van der Waals surface area contributed by atoms with E-state index in [0.717, 1.165) is 25.3 Å². The quantitative estimate of drug-likeness (QED) is 0.103. The van der Waals surface area contributed by atoms with Crippen LogP contribution < -0.4 is 5.32 Å². The van der Waals surface area contributed by atoms with E-state index in [-0.39, 0.29) is 31.3 Å². The second kappa shape index (κ2) is 11.1. The van der Waals surface area contributed by atoms with Crippen molar-refractivity contribution in [3.05, 3.63) is 35.5 Å². The van der Waals surface area contributed by atoms with Crippen LogP contribution in [0.4, 0.5) is 0 Å². The number of fused-ring (bicyclic) bond motifs is 2. The van der Waals surface area contributed by atoms with E-state index in [4.69, 9.17) is 0 Å². The number of carbonyl (C=O) groups excluding carboxylic acids is 6. The molecule has 3 N–H and O–H groups in total. The zero-order chi connectivity index (χ0) is 33.3. The fourth-order valence-corrected chi connectivity index (χ4v) is 10.1. The van der Waals surface area contributed by atoms with Gasteiger partial charge >= 0.3 is 5.97 Å². The number of unbranched alkanes of at least 4 members (excludes halogenated alkanes) is 3. The van der Waals surface area contributed by atoms with E-state index in [1.54, 1.807) is 20.8 Å². The maximum atomic E-state index is 14.9. The Balaban J connectivity index is 1.67. The Morgan fingerprint density at radius 2 is 1.67 bits per heavy atom. The first-order valence-electron chi connectivity index (χ1n) is 16.2. The Morgan fingerprint density at radius 1 is 0.978 bits per heavy atom. The number of carboxylic acid groups (broad SMARTS) is 1. The molecule has 0 bridgehead atoms. The van der Waals surface area contributed by atoms with Gasteiger partial charge in [0.2, 0.25) is 11.8 Å². The summed E-state index contributed by atoms with van der Waals surface area (Å²) in [6.45, 7) is 8.46. The van der Waals surface area contributed by atoms with E-state index in [1.165, 1.54) is 25.2 Å². The van der Waals surface area contributed by atoms with Crippen LogP contribution in [-0.2, 0) is 33.6 Å². The molecule has 5 rings (SSSR count). The number of carbonyl (C=O) groups is 7. The summed E-state index contributed by atoms with van der Waals surface area (Å²) in [6.07, 6.45) is 8.75. The van der Waals surface area contributed by atoms with Gasteiger partial charge in [0.1, 0.15) is 11.0 Å². The summed E-state index contributed by atoms with van der Waals surface area (Å²) < 4.78 is 0. The van der Waals surface area contributed by atoms with Crippen LogP contribution in [0.1, 0.15) is 86.0 Å². The number of rotatable bonds is 11. The van der Waals surface area contributed by atoms with Gasteiger partial charge < -0.3 is 10.2 Å². The molecule has 1 saturated heterocycles. The average Bonchev–Trinajstić information content (AvgIpc) is 3.17. The molecule has 0 radical (unpaired) electrons. The van der Waals surface area contributed by atoms with E-state index >= 15 is 0 Å². The van der Waals surface area contributed by atoms with E-state index < -0.39 is 97.9 Å². The van der Waals surface area contributed by atoms with Crippen LogP contribution in [0.25, 0.3) is 0 Å². The van der Waals surface area contributed by atoms with Crippen LogP contribution in [0.5, 0.6) is 0 Å². The third-order valence-electron chi connectivity index (χ3n) is 12.0. The van der Waals surface area contributed by atoms with Crippen LogP contribution >= 0.6 is 0 Å². The average molecular weight is 622 g/mol. The van der Waals surface area contributed by atoms with Crippen LogP contribution in [-0.4, -0.2) is 56.7 Å². The van der Waals surface area contributed by atoms with Crippen molar-refractivity contribution in [2.24, 2.45) is 45.8 Å². The van der Waals surface area contributed by atoms with Crippen molar-refractivity contribution in [3.63, 3.8) is 0 Å². The molecule has 5 aliphatic rings. The minimum absolute atomic E-state index is 0.120. The Hall–Kier alpha value is -3.53. The first-order chi connectivity index (χ1) is 21.2. The normalized spacial score (nSPS) is 40.5. The van der Waals surface area contributed by atoms with Crippen molar-refractivity contribution in [3.8, 4) is 0 Å². The lowest BCUT2D eigenvalue weighted by Crippen LogP contribution is -2.52. The van der Waals surface area contributed by atoms with Crippen LogP contribution in [0.2, 0.25) is 0 Å². The van der Waals surface area contributed by atoms with Crippen molar-refractivity contribution in [2.45, 2.75) is 91.6 Å². The van der Waals surface area contributed by atoms with Crippen molar-refractivity contribution in [1.29, 1.82) is 0 Å². The third kappa shape index (κ3) is 3.93. The van der Waals surface area contributed by atoms with E-state index in [0.29, 0.717) is 6.42 Å². The second-order valence-corrected chi connectivity index (χ2v) is 14.0. The second-order valence-electron chi connectivity index (χ2n) is 14.0. The number of nitrogens with one attached hydrogen (secondary N) is 1. The minimum atomic E-state index is -2.26. The number of amides is 2. The van der Waals surface area contributed by atoms with Gasteiger partial charge in [-0.15, -0.1) is 0 Å². The molecule has 0 aromatic rings. The van der Waals surface area contributed by atoms with Gasteiger partial charge in [-0.05, 0) is 70.3 Å². The van der Waals surface area contributed by atoms with Gasteiger partial charge in [-0.3, -0.25) is 38.9 Å². The zero-order valence-corrected chi connectivity index (χ0v) is 26.6. The highest BCUT2D eigenvalue weighted by molar-refractivity contribution is 6.45. The number of piperidine rings is 1. The lowest BCUT2D eigenvalue weighted by atomic mass is 9.63. The summed E-state index contributed by atoms with van der Waals surface area (Å²) in [7, 11) is 0.